The topological polar surface area (TPSA) is 63.2 Å². The molecule has 0 bridgehead atoms. The van der Waals surface area contributed by atoms with E-state index in [0.29, 0.717) is 23.9 Å². The van der Waals surface area contributed by atoms with E-state index in [2.05, 4.69) is 45.3 Å². The van der Waals surface area contributed by atoms with Crippen molar-refractivity contribution >= 4 is 23.7 Å². The van der Waals surface area contributed by atoms with Crippen LogP contribution in [0, 0.1) is 0 Å². The SMILES string of the molecule is CCCNc1nc(OC)nc(N(C)C(CC)CSC)n1. The number of thioether (sulfide) groups is 1. The summed E-state index contributed by atoms with van der Waals surface area (Å²) in [6.45, 7) is 5.11. The highest BCUT2D eigenvalue weighted by atomic mass is 32.2. The molecule has 0 saturated heterocycles. The van der Waals surface area contributed by atoms with Gasteiger partial charge in [-0.2, -0.15) is 26.7 Å². The quantitative estimate of drug-likeness (QED) is 0.750. The molecule has 1 unspecified atom stereocenters. The minimum atomic E-state index is 0.347. The lowest BCUT2D eigenvalue weighted by Gasteiger charge is -2.26. The Kier molecular flexibility index (Phi) is 7.43. The summed E-state index contributed by atoms with van der Waals surface area (Å²) in [5.74, 6) is 2.26. The number of nitrogens with one attached hydrogen (secondary N) is 1. The first-order valence-electron chi connectivity index (χ1n) is 6.91. The molecule has 20 heavy (non-hydrogen) atoms. The van der Waals surface area contributed by atoms with Gasteiger partial charge in [0.1, 0.15) is 0 Å². The highest BCUT2D eigenvalue weighted by Crippen LogP contribution is 2.18. The molecule has 0 fully saturated rings. The first kappa shape index (κ1) is 16.8. The maximum atomic E-state index is 5.16. The number of methoxy groups -OCH3 is 1. The molecule has 7 heteroatoms. The Hall–Kier alpha value is -1.24. The van der Waals surface area contributed by atoms with Gasteiger partial charge in [0.05, 0.1) is 7.11 Å². The van der Waals surface area contributed by atoms with E-state index in [4.69, 9.17) is 4.74 Å². The first-order chi connectivity index (χ1) is 9.65. The fraction of sp³-hybridized carbons (Fsp3) is 0.769. The van der Waals surface area contributed by atoms with Crippen LogP contribution in [0.1, 0.15) is 26.7 Å². The van der Waals surface area contributed by atoms with E-state index >= 15 is 0 Å². The van der Waals surface area contributed by atoms with Crippen LogP contribution in [0.5, 0.6) is 6.01 Å². The standard InChI is InChI=1S/C13H25N5OS/c1-6-8-14-11-15-12(17-13(16-11)19-4)18(3)10(7-2)9-20-5/h10H,6-9H2,1-5H3,(H,14,15,16,17). The Morgan fingerprint density at radius 3 is 2.60 bits per heavy atom. The van der Waals surface area contributed by atoms with Gasteiger partial charge in [0.25, 0.3) is 0 Å². The predicted molar refractivity (Wildman–Crippen MR) is 86.0 cm³/mol. The van der Waals surface area contributed by atoms with Crippen LogP contribution in [0.25, 0.3) is 0 Å². The molecule has 0 aliphatic carbocycles. The second-order valence-corrected chi connectivity index (χ2v) is 5.41. The second kappa shape index (κ2) is 8.84. The van der Waals surface area contributed by atoms with Crippen molar-refractivity contribution in [3.05, 3.63) is 0 Å². The lowest BCUT2D eigenvalue weighted by atomic mass is 10.2. The van der Waals surface area contributed by atoms with E-state index in [1.807, 2.05) is 18.8 Å². The molecule has 0 aromatic carbocycles. The molecule has 1 heterocycles. The van der Waals surface area contributed by atoms with Crippen molar-refractivity contribution in [2.75, 3.05) is 42.9 Å². The molecule has 6 nitrogen and oxygen atoms in total. The van der Waals surface area contributed by atoms with Gasteiger partial charge in [-0.05, 0) is 19.1 Å². The third-order valence-electron chi connectivity index (χ3n) is 3.01. The van der Waals surface area contributed by atoms with Crippen molar-refractivity contribution in [2.24, 2.45) is 0 Å². The molecular weight excluding hydrogens is 274 g/mol. The number of rotatable bonds is 9. The van der Waals surface area contributed by atoms with E-state index in [-0.39, 0.29) is 0 Å². The average Bonchev–Trinajstić information content (AvgIpc) is 2.49. The van der Waals surface area contributed by atoms with Gasteiger partial charge in [-0.25, -0.2) is 0 Å². The number of aromatic nitrogens is 3. The van der Waals surface area contributed by atoms with Crippen molar-refractivity contribution in [1.29, 1.82) is 0 Å². The Morgan fingerprint density at radius 2 is 2.05 bits per heavy atom. The summed E-state index contributed by atoms with van der Waals surface area (Å²) in [5, 5.41) is 3.18. The highest BCUT2D eigenvalue weighted by molar-refractivity contribution is 7.98. The Balaban J connectivity index is 2.96. The van der Waals surface area contributed by atoms with Crippen molar-refractivity contribution < 1.29 is 4.74 Å². The van der Waals surface area contributed by atoms with Gasteiger partial charge in [0.15, 0.2) is 0 Å². The lowest BCUT2D eigenvalue weighted by molar-refractivity contribution is 0.378. The largest absolute Gasteiger partial charge is 0.467 e. The minimum Gasteiger partial charge on any atom is -0.467 e. The molecule has 1 rings (SSSR count). The summed E-state index contributed by atoms with van der Waals surface area (Å²) in [7, 11) is 3.59. The third-order valence-corrected chi connectivity index (χ3v) is 3.73. The maximum Gasteiger partial charge on any atom is 0.322 e. The monoisotopic (exact) mass is 299 g/mol. The molecule has 0 saturated carbocycles. The number of anilines is 2. The molecule has 0 spiro atoms. The molecule has 114 valence electrons. The fourth-order valence-electron chi connectivity index (χ4n) is 1.77. The summed E-state index contributed by atoms with van der Waals surface area (Å²) in [6, 6.07) is 0.746. The zero-order chi connectivity index (χ0) is 15.0. The molecule has 1 N–H and O–H groups in total. The summed E-state index contributed by atoms with van der Waals surface area (Å²) < 4.78 is 5.16. The number of hydrogen-bond donors (Lipinski definition) is 1. The predicted octanol–water partition coefficient (Wildman–Crippen LogP) is 2.28. The number of ether oxygens (including phenoxy) is 1. The van der Waals surface area contributed by atoms with E-state index in [0.717, 1.165) is 25.1 Å². The van der Waals surface area contributed by atoms with Crippen LogP contribution in [0.15, 0.2) is 0 Å². The van der Waals surface area contributed by atoms with Crippen LogP contribution in [0.4, 0.5) is 11.9 Å². The van der Waals surface area contributed by atoms with Gasteiger partial charge in [-0.15, -0.1) is 0 Å². The Labute approximate surface area is 125 Å². The van der Waals surface area contributed by atoms with Gasteiger partial charge in [0, 0.05) is 25.4 Å². The second-order valence-electron chi connectivity index (χ2n) is 4.50. The fourth-order valence-corrected chi connectivity index (χ4v) is 2.61. The summed E-state index contributed by atoms with van der Waals surface area (Å²) in [6.07, 6.45) is 4.17. The van der Waals surface area contributed by atoms with Gasteiger partial charge in [-0.1, -0.05) is 13.8 Å². The zero-order valence-electron chi connectivity index (χ0n) is 13.0. The number of nitrogens with zero attached hydrogens (tertiary/aromatic N) is 4. The van der Waals surface area contributed by atoms with E-state index in [1.165, 1.54) is 0 Å². The van der Waals surface area contributed by atoms with Crippen LogP contribution in [-0.4, -0.2) is 53.7 Å². The first-order valence-corrected chi connectivity index (χ1v) is 8.31. The van der Waals surface area contributed by atoms with Gasteiger partial charge >= 0.3 is 6.01 Å². The lowest BCUT2D eigenvalue weighted by Crippen LogP contribution is -2.34. The molecule has 0 amide bonds. The molecule has 0 aliphatic rings. The summed E-state index contributed by atoms with van der Waals surface area (Å²) in [5.41, 5.74) is 0. The molecule has 0 aliphatic heterocycles. The van der Waals surface area contributed by atoms with Crippen molar-refractivity contribution in [3.8, 4) is 6.01 Å². The molecule has 1 aromatic heterocycles. The molecule has 1 aromatic rings. The van der Waals surface area contributed by atoms with Crippen LogP contribution in [0.3, 0.4) is 0 Å². The van der Waals surface area contributed by atoms with Crippen molar-refractivity contribution in [1.82, 2.24) is 15.0 Å². The van der Waals surface area contributed by atoms with E-state index in [9.17, 15) is 0 Å². The molecule has 1 atom stereocenters. The Bertz CT molecular complexity index is 404. The summed E-state index contributed by atoms with van der Waals surface area (Å²) >= 11 is 1.83. The minimum absolute atomic E-state index is 0.347. The average molecular weight is 299 g/mol. The summed E-state index contributed by atoms with van der Waals surface area (Å²) in [4.78, 5) is 15.1. The molecule has 0 radical (unpaired) electrons. The van der Waals surface area contributed by atoms with E-state index in [1.54, 1.807) is 7.11 Å². The smallest absolute Gasteiger partial charge is 0.322 e. The van der Waals surface area contributed by atoms with Crippen LogP contribution < -0.4 is 15.0 Å². The van der Waals surface area contributed by atoms with Gasteiger partial charge in [0.2, 0.25) is 11.9 Å². The molecular formula is C13H25N5OS. The third kappa shape index (κ3) is 4.70. The highest BCUT2D eigenvalue weighted by Gasteiger charge is 2.17. The van der Waals surface area contributed by atoms with Crippen LogP contribution in [-0.2, 0) is 0 Å². The van der Waals surface area contributed by atoms with Gasteiger partial charge in [-0.3, -0.25) is 0 Å². The maximum absolute atomic E-state index is 5.16. The van der Waals surface area contributed by atoms with Crippen molar-refractivity contribution in [3.63, 3.8) is 0 Å². The zero-order valence-corrected chi connectivity index (χ0v) is 13.8. The Morgan fingerprint density at radius 1 is 1.30 bits per heavy atom. The van der Waals surface area contributed by atoms with Crippen LogP contribution in [0.2, 0.25) is 0 Å². The van der Waals surface area contributed by atoms with Crippen LogP contribution >= 0.6 is 11.8 Å². The van der Waals surface area contributed by atoms with E-state index < -0.39 is 0 Å². The van der Waals surface area contributed by atoms with Crippen molar-refractivity contribution in [2.45, 2.75) is 32.7 Å². The normalized spacial score (nSPS) is 12.1. The van der Waals surface area contributed by atoms with Gasteiger partial charge < -0.3 is 15.0 Å². The number of hydrogen-bond acceptors (Lipinski definition) is 7.